The summed E-state index contributed by atoms with van der Waals surface area (Å²) in [5.74, 6) is 0.0727. The highest BCUT2D eigenvalue weighted by Crippen LogP contribution is 2.09. The fourth-order valence-corrected chi connectivity index (χ4v) is 2.52. The van der Waals surface area contributed by atoms with Gasteiger partial charge in [0.25, 0.3) is 5.91 Å². The molecule has 100 valence electrons. The minimum Gasteiger partial charge on any atom is -0.335 e. The van der Waals surface area contributed by atoms with E-state index in [1.165, 1.54) is 11.3 Å². The van der Waals surface area contributed by atoms with Gasteiger partial charge in [-0.05, 0) is 14.1 Å². The quantitative estimate of drug-likeness (QED) is 0.795. The number of amides is 1. The van der Waals surface area contributed by atoms with E-state index >= 15 is 0 Å². The molecule has 1 aliphatic heterocycles. The fourth-order valence-electron chi connectivity index (χ4n) is 2.00. The number of aromatic nitrogens is 1. The molecule has 18 heavy (non-hydrogen) atoms. The van der Waals surface area contributed by atoms with Gasteiger partial charge in [0, 0.05) is 44.6 Å². The van der Waals surface area contributed by atoms with Crippen LogP contribution >= 0.6 is 11.3 Å². The van der Waals surface area contributed by atoms with E-state index in [0.29, 0.717) is 5.69 Å². The molecule has 0 spiro atoms. The van der Waals surface area contributed by atoms with Crippen molar-refractivity contribution in [3.05, 3.63) is 16.6 Å². The number of piperazine rings is 1. The van der Waals surface area contributed by atoms with Gasteiger partial charge >= 0.3 is 0 Å². The molecule has 0 atom stereocenters. The number of carbonyl (C=O) groups is 1. The first-order valence-corrected chi connectivity index (χ1v) is 7.15. The Morgan fingerprint density at radius 2 is 2.11 bits per heavy atom. The van der Waals surface area contributed by atoms with Crippen LogP contribution in [-0.2, 0) is 0 Å². The van der Waals surface area contributed by atoms with Crippen molar-refractivity contribution in [2.45, 2.75) is 0 Å². The van der Waals surface area contributed by atoms with Crippen LogP contribution in [0.3, 0.4) is 0 Å². The molecule has 0 saturated carbocycles. The summed E-state index contributed by atoms with van der Waals surface area (Å²) in [6.07, 6.45) is 0. The maximum absolute atomic E-state index is 12.1. The first-order valence-electron chi connectivity index (χ1n) is 6.21. The summed E-state index contributed by atoms with van der Waals surface area (Å²) < 4.78 is 0. The number of hydrogen-bond donors (Lipinski definition) is 0. The largest absolute Gasteiger partial charge is 0.335 e. The molecule has 0 unspecified atom stereocenters. The monoisotopic (exact) mass is 268 g/mol. The average molecular weight is 268 g/mol. The lowest BCUT2D eigenvalue weighted by Crippen LogP contribution is -2.50. The molecule has 0 bridgehead atoms. The van der Waals surface area contributed by atoms with Gasteiger partial charge in [0.2, 0.25) is 0 Å². The molecule has 2 heterocycles. The van der Waals surface area contributed by atoms with E-state index in [1.54, 1.807) is 5.51 Å². The number of likely N-dealkylation sites (N-methyl/N-ethyl adjacent to an activating group) is 1. The van der Waals surface area contributed by atoms with Gasteiger partial charge in [-0.3, -0.25) is 9.69 Å². The molecule has 0 aliphatic carbocycles. The zero-order valence-electron chi connectivity index (χ0n) is 11.0. The Morgan fingerprint density at radius 3 is 2.67 bits per heavy atom. The summed E-state index contributed by atoms with van der Waals surface area (Å²) in [5.41, 5.74) is 2.29. The van der Waals surface area contributed by atoms with Crippen molar-refractivity contribution in [2.75, 3.05) is 53.4 Å². The van der Waals surface area contributed by atoms with E-state index in [-0.39, 0.29) is 5.91 Å². The summed E-state index contributed by atoms with van der Waals surface area (Å²) >= 11 is 1.47. The molecule has 1 aromatic heterocycles. The standard InChI is InChI=1S/C12H20N4OS/c1-14(2)3-4-15-5-7-16(8-6-15)12(17)11-9-18-10-13-11/h9-10H,3-8H2,1-2H3. The third-order valence-electron chi connectivity index (χ3n) is 3.17. The van der Waals surface area contributed by atoms with E-state index in [4.69, 9.17) is 0 Å². The lowest BCUT2D eigenvalue weighted by Gasteiger charge is -2.34. The van der Waals surface area contributed by atoms with Crippen molar-refractivity contribution in [1.29, 1.82) is 0 Å². The first-order chi connectivity index (χ1) is 8.66. The van der Waals surface area contributed by atoms with Crippen LogP contribution in [0, 0.1) is 0 Å². The molecule has 1 fully saturated rings. The number of carbonyl (C=O) groups excluding carboxylic acids is 1. The van der Waals surface area contributed by atoms with Crippen molar-refractivity contribution in [3.8, 4) is 0 Å². The van der Waals surface area contributed by atoms with Crippen molar-refractivity contribution in [1.82, 2.24) is 19.7 Å². The summed E-state index contributed by atoms with van der Waals surface area (Å²) in [4.78, 5) is 22.7. The van der Waals surface area contributed by atoms with Crippen LogP contribution in [-0.4, -0.2) is 79.0 Å². The SMILES string of the molecule is CN(C)CCN1CCN(C(=O)c2cscn2)CC1. The zero-order valence-corrected chi connectivity index (χ0v) is 11.8. The zero-order chi connectivity index (χ0) is 13.0. The number of thiazole rings is 1. The third-order valence-corrected chi connectivity index (χ3v) is 3.76. The third kappa shape index (κ3) is 3.51. The minimum atomic E-state index is 0.0727. The molecular weight excluding hydrogens is 248 g/mol. The average Bonchev–Trinajstić information content (AvgIpc) is 2.90. The van der Waals surface area contributed by atoms with Gasteiger partial charge in [0.15, 0.2) is 0 Å². The molecule has 0 radical (unpaired) electrons. The molecular formula is C12H20N4OS. The maximum Gasteiger partial charge on any atom is 0.273 e. The molecule has 0 N–H and O–H groups in total. The van der Waals surface area contributed by atoms with Crippen LogP contribution in [0.25, 0.3) is 0 Å². The summed E-state index contributed by atoms with van der Waals surface area (Å²) in [6.45, 7) is 5.69. The van der Waals surface area contributed by atoms with Crippen LogP contribution in [0.1, 0.15) is 10.5 Å². The smallest absolute Gasteiger partial charge is 0.273 e. The molecule has 6 heteroatoms. The Hall–Kier alpha value is -0.980. The molecule has 0 aromatic carbocycles. The molecule has 1 amide bonds. The second-order valence-electron chi connectivity index (χ2n) is 4.81. The number of nitrogens with zero attached hydrogens (tertiary/aromatic N) is 4. The second-order valence-corrected chi connectivity index (χ2v) is 5.53. The minimum absolute atomic E-state index is 0.0727. The predicted octanol–water partition coefficient (Wildman–Crippen LogP) is 0.462. The summed E-state index contributed by atoms with van der Waals surface area (Å²) in [5, 5.41) is 1.82. The Balaban J connectivity index is 1.78. The highest BCUT2D eigenvalue weighted by molar-refractivity contribution is 7.07. The summed E-state index contributed by atoms with van der Waals surface area (Å²) in [7, 11) is 4.17. The summed E-state index contributed by atoms with van der Waals surface area (Å²) in [6, 6.07) is 0. The molecule has 2 rings (SSSR count). The van der Waals surface area contributed by atoms with Crippen molar-refractivity contribution >= 4 is 17.2 Å². The molecule has 1 aromatic rings. The highest BCUT2D eigenvalue weighted by atomic mass is 32.1. The van der Waals surface area contributed by atoms with Gasteiger partial charge in [0.05, 0.1) is 5.51 Å². The molecule has 1 saturated heterocycles. The van der Waals surface area contributed by atoms with Gasteiger partial charge in [-0.25, -0.2) is 4.98 Å². The number of hydrogen-bond acceptors (Lipinski definition) is 5. The van der Waals surface area contributed by atoms with Crippen molar-refractivity contribution in [2.24, 2.45) is 0 Å². The topological polar surface area (TPSA) is 39.7 Å². The Kier molecular flexibility index (Phi) is 4.68. The van der Waals surface area contributed by atoms with E-state index in [9.17, 15) is 4.79 Å². The van der Waals surface area contributed by atoms with Crippen molar-refractivity contribution < 1.29 is 4.79 Å². The Morgan fingerprint density at radius 1 is 1.39 bits per heavy atom. The van der Waals surface area contributed by atoms with E-state index in [2.05, 4.69) is 28.9 Å². The van der Waals surface area contributed by atoms with Crippen molar-refractivity contribution in [3.63, 3.8) is 0 Å². The Labute approximate surface area is 112 Å². The van der Waals surface area contributed by atoms with Crippen LogP contribution < -0.4 is 0 Å². The van der Waals surface area contributed by atoms with Gasteiger partial charge < -0.3 is 9.80 Å². The predicted molar refractivity (Wildman–Crippen MR) is 73.0 cm³/mol. The molecule has 1 aliphatic rings. The van der Waals surface area contributed by atoms with Gasteiger partial charge in [-0.2, -0.15) is 0 Å². The normalized spacial score (nSPS) is 17.4. The van der Waals surface area contributed by atoms with E-state index < -0.39 is 0 Å². The Bertz CT molecular complexity index is 371. The van der Waals surface area contributed by atoms with Gasteiger partial charge in [0.1, 0.15) is 5.69 Å². The van der Waals surface area contributed by atoms with Crippen LogP contribution in [0.15, 0.2) is 10.9 Å². The van der Waals surface area contributed by atoms with Crippen LogP contribution in [0.4, 0.5) is 0 Å². The maximum atomic E-state index is 12.1. The van der Waals surface area contributed by atoms with Crippen LogP contribution in [0.2, 0.25) is 0 Å². The van der Waals surface area contributed by atoms with E-state index in [0.717, 1.165) is 39.3 Å². The lowest BCUT2D eigenvalue weighted by molar-refractivity contribution is 0.0625. The molecule has 5 nitrogen and oxygen atoms in total. The second kappa shape index (κ2) is 6.26. The van der Waals surface area contributed by atoms with E-state index in [1.807, 2.05) is 10.3 Å². The number of rotatable bonds is 4. The lowest BCUT2D eigenvalue weighted by atomic mass is 10.3. The fraction of sp³-hybridized carbons (Fsp3) is 0.667. The first kappa shape index (κ1) is 13.5. The highest BCUT2D eigenvalue weighted by Gasteiger charge is 2.22. The van der Waals surface area contributed by atoms with Gasteiger partial charge in [-0.1, -0.05) is 0 Å². The van der Waals surface area contributed by atoms with Gasteiger partial charge in [-0.15, -0.1) is 11.3 Å². The van der Waals surface area contributed by atoms with Crippen LogP contribution in [0.5, 0.6) is 0 Å².